The lowest BCUT2D eigenvalue weighted by molar-refractivity contribution is -0.0418. The Labute approximate surface area is 158 Å². The summed E-state index contributed by atoms with van der Waals surface area (Å²) in [5, 5.41) is 3.90. The number of ether oxygens (including phenoxy) is 1. The molecule has 2 heteroatoms. The SMILES string of the molecule is CCCCCCc1ccc2c(c1)[C@H]1OCCC[C@H]1[C@H](C1C=CC=CC1)N2. The Bertz CT molecular complexity index is 662. The fourth-order valence-corrected chi connectivity index (χ4v) is 4.96. The van der Waals surface area contributed by atoms with Crippen molar-refractivity contribution in [2.45, 2.75) is 70.4 Å². The van der Waals surface area contributed by atoms with Crippen LogP contribution in [0.5, 0.6) is 0 Å². The lowest BCUT2D eigenvalue weighted by Gasteiger charge is -2.45. The number of hydrogen-bond acceptors (Lipinski definition) is 2. The average molecular weight is 352 g/mol. The number of benzene rings is 1. The van der Waals surface area contributed by atoms with Crippen molar-refractivity contribution >= 4 is 5.69 Å². The first-order valence-electron chi connectivity index (χ1n) is 10.7. The number of hydrogen-bond donors (Lipinski definition) is 1. The summed E-state index contributed by atoms with van der Waals surface area (Å²) in [6.45, 7) is 3.19. The maximum atomic E-state index is 6.35. The molecule has 0 saturated carbocycles. The zero-order valence-electron chi connectivity index (χ0n) is 16.1. The normalized spacial score (nSPS) is 29.7. The summed E-state index contributed by atoms with van der Waals surface area (Å²) >= 11 is 0. The maximum absolute atomic E-state index is 6.35. The van der Waals surface area contributed by atoms with Gasteiger partial charge in [0.15, 0.2) is 0 Å². The van der Waals surface area contributed by atoms with Crippen molar-refractivity contribution in [2.24, 2.45) is 11.8 Å². The van der Waals surface area contributed by atoms with E-state index in [1.54, 1.807) is 0 Å². The van der Waals surface area contributed by atoms with Gasteiger partial charge in [0.05, 0.1) is 6.10 Å². The van der Waals surface area contributed by atoms with E-state index in [4.69, 9.17) is 4.74 Å². The Hall–Kier alpha value is -1.54. The summed E-state index contributed by atoms with van der Waals surface area (Å²) < 4.78 is 6.35. The van der Waals surface area contributed by atoms with Crippen LogP contribution in [0.4, 0.5) is 5.69 Å². The predicted molar refractivity (Wildman–Crippen MR) is 110 cm³/mol. The molecule has 2 nitrogen and oxygen atoms in total. The van der Waals surface area contributed by atoms with Crippen LogP contribution in [0.1, 0.15) is 69.1 Å². The molecule has 0 radical (unpaired) electrons. The van der Waals surface area contributed by atoms with Gasteiger partial charge in [-0.25, -0.2) is 0 Å². The van der Waals surface area contributed by atoms with E-state index in [1.165, 1.54) is 61.8 Å². The molecule has 0 bridgehead atoms. The summed E-state index contributed by atoms with van der Waals surface area (Å²) in [5.41, 5.74) is 4.20. The number of rotatable bonds is 6. The molecule has 1 saturated heterocycles. The molecule has 1 aliphatic carbocycles. The van der Waals surface area contributed by atoms with Crippen LogP contribution in [-0.2, 0) is 11.2 Å². The van der Waals surface area contributed by atoms with Crippen LogP contribution in [-0.4, -0.2) is 12.6 Å². The van der Waals surface area contributed by atoms with Crippen LogP contribution in [0.25, 0.3) is 0 Å². The highest BCUT2D eigenvalue weighted by Gasteiger charge is 2.41. The van der Waals surface area contributed by atoms with Crippen LogP contribution in [0, 0.1) is 11.8 Å². The zero-order valence-corrected chi connectivity index (χ0v) is 16.1. The smallest absolute Gasteiger partial charge is 0.0892 e. The maximum Gasteiger partial charge on any atom is 0.0892 e. The van der Waals surface area contributed by atoms with E-state index >= 15 is 0 Å². The molecule has 4 atom stereocenters. The first kappa shape index (κ1) is 17.9. The molecule has 4 rings (SSSR count). The molecule has 1 aromatic carbocycles. The van der Waals surface area contributed by atoms with Gasteiger partial charge in [-0.3, -0.25) is 0 Å². The minimum absolute atomic E-state index is 0.278. The third kappa shape index (κ3) is 3.76. The molecule has 2 heterocycles. The molecular weight excluding hydrogens is 318 g/mol. The highest BCUT2D eigenvalue weighted by atomic mass is 16.5. The van der Waals surface area contributed by atoms with E-state index in [2.05, 4.69) is 54.7 Å². The summed E-state index contributed by atoms with van der Waals surface area (Å²) in [7, 11) is 0. The van der Waals surface area contributed by atoms with Crippen molar-refractivity contribution in [1.82, 2.24) is 0 Å². The van der Waals surface area contributed by atoms with Gasteiger partial charge in [0.1, 0.15) is 0 Å². The Morgan fingerprint density at radius 1 is 1.15 bits per heavy atom. The average Bonchev–Trinajstić information content (AvgIpc) is 2.71. The molecule has 0 amide bonds. The minimum Gasteiger partial charge on any atom is -0.381 e. The Kier molecular flexibility index (Phi) is 5.79. The highest BCUT2D eigenvalue weighted by Crippen LogP contribution is 2.46. The number of aryl methyl sites for hydroxylation is 1. The van der Waals surface area contributed by atoms with Gasteiger partial charge in [-0.05, 0) is 43.7 Å². The first-order valence-corrected chi connectivity index (χ1v) is 10.7. The minimum atomic E-state index is 0.278. The molecule has 1 fully saturated rings. The quantitative estimate of drug-likeness (QED) is 0.616. The first-order chi connectivity index (χ1) is 12.9. The van der Waals surface area contributed by atoms with E-state index in [-0.39, 0.29) is 6.10 Å². The number of nitrogens with one attached hydrogen (secondary N) is 1. The summed E-state index contributed by atoms with van der Waals surface area (Å²) in [4.78, 5) is 0. The summed E-state index contributed by atoms with van der Waals surface area (Å²) in [6, 6.07) is 7.57. The van der Waals surface area contributed by atoms with Gasteiger partial charge in [-0.2, -0.15) is 0 Å². The van der Waals surface area contributed by atoms with Crippen molar-refractivity contribution in [3.8, 4) is 0 Å². The van der Waals surface area contributed by atoms with Gasteiger partial charge in [0.25, 0.3) is 0 Å². The highest BCUT2D eigenvalue weighted by molar-refractivity contribution is 5.57. The molecule has 1 unspecified atom stereocenters. The summed E-state index contributed by atoms with van der Waals surface area (Å²) in [6.07, 6.45) is 19.5. The van der Waals surface area contributed by atoms with E-state index in [1.807, 2.05) is 0 Å². The van der Waals surface area contributed by atoms with Crippen LogP contribution in [0.3, 0.4) is 0 Å². The van der Waals surface area contributed by atoms with Crippen LogP contribution in [0.2, 0.25) is 0 Å². The third-order valence-electron chi connectivity index (χ3n) is 6.37. The van der Waals surface area contributed by atoms with Gasteiger partial charge < -0.3 is 10.1 Å². The predicted octanol–water partition coefficient (Wildman–Crippen LogP) is 6.20. The van der Waals surface area contributed by atoms with Gasteiger partial charge in [-0.1, -0.05) is 62.6 Å². The lowest BCUT2D eigenvalue weighted by Crippen LogP contribution is -2.45. The van der Waals surface area contributed by atoms with Crippen molar-refractivity contribution in [1.29, 1.82) is 0 Å². The molecule has 3 aliphatic rings. The van der Waals surface area contributed by atoms with Crippen molar-refractivity contribution in [3.63, 3.8) is 0 Å². The van der Waals surface area contributed by atoms with Gasteiger partial charge in [0.2, 0.25) is 0 Å². The fraction of sp³-hybridized carbons (Fsp3) is 0.583. The van der Waals surface area contributed by atoms with Gasteiger partial charge in [0, 0.05) is 35.7 Å². The van der Waals surface area contributed by atoms with Crippen LogP contribution >= 0.6 is 0 Å². The number of fused-ring (bicyclic) bond motifs is 3. The van der Waals surface area contributed by atoms with Gasteiger partial charge in [-0.15, -0.1) is 0 Å². The molecule has 1 aromatic rings. The van der Waals surface area contributed by atoms with E-state index < -0.39 is 0 Å². The molecule has 26 heavy (non-hydrogen) atoms. The Balaban J connectivity index is 1.54. The number of unbranched alkanes of at least 4 members (excludes halogenated alkanes) is 3. The molecule has 2 aliphatic heterocycles. The Morgan fingerprint density at radius 2 is 2.12 bits per heavy atom. The standard InChI is InChI=1S/C24H33NO/c1-2-3-4-6-10-18-14-15-22-21(17-18)24-20(13-9-16-26-24)23(25-22)19-11-7-5-8-12-19/h5,7-8,11,14-15,17,19-20,23-25H,2-4,6,9-10,12-13,16H2,1H3/t19?,20-,23-,24-/m0/s1. The fourth-order valence-electron chi connectivity index (χ4n) is 4.96. The number of anilines is 1. The van der Waals surface area contributed by atoms with E-state index in [0.29, 0.717) is 17.9 Å². The topological polar surface area (TPSA) is 21.3 Å². The monoisotopic (exact) mass is 351 g/mol. The second-order valence-corrected chi connectivity index (χ2v) is 8.21. The van der Waals surface area contributed by atoms with E-state index in [0.717, 1.165) is 13.0 Å². The molecule has 1 N–H and O–H groups in total. The third-order valence-corrected chi connectivity index (χ3v) is 6.37. The van der Waals surface area contributed by atoms with Crippen LogP contribution in [0.15, 0.2) is 42.5 Å². The van der Waals surface area contributed by atoms with Crippen LogP contribution < -0.4 is 5.32 Å². The van der Waals surface area contributed by atoms with Crippen molar-refractivity contribution < 1.29 is 4.74 Å². The number of allylic oxidation sites excluding steroid dienone is 3. The second kappa shape index (κ2) is 8.43. The molecule has 0 spiro atoms. The Morgan fingerprint density at radius 3 is 2.96 bits per heavy atom. The largest absolute Gasteiger partial charge is 0.381 e. The molecule has 0 aromatic heterocycles. The van der Waals surface area contributed by atoms with Crippen molar-refractivity contribution in [2.75, 3.05) is 11.9 Å². The van der Waals surface area contributed by atoms with Gasteiger partial charge >= 0.3 is 0 Å². The van der Waals surface area contributed by atoms with Crippen molar-refractivity contribution in [3.05, 3.63) is 53.6 Å². The summed E-state index contributed by atoms with van der Waals surface area (Å²) in [5.74, 6) is 1.17. The zero-order chi connectivity index (χ0) is 17.8. The second-order valence-electron chi connectivity index (χ2n) is 8.21. The molecule has 140 valence electrons. The van der Waals surface area contributed by atoms with E-state index in [9.17, 15) is 0 Å². The molecular formula is C24H33NO. The lowest BCUT2D eigenvalue weighted by atomic mass is 9.73.